The molecule has 2 heterocycles. The fourth-order valence-corrected chi connectivity index (χ4v) is 2.61. The summed E-state index contributed by atoms with van der Waals surface area (Å²) in [5.41, 5.74) is 2.09. The van der Waals surface area contributed by atoms with Crippen LogP contribution < -0.4 is 10.6 Å². The van der Waals surface area contributed by atoms with Crippen LogP contribution >= 0.6 is 24.8 Å². The number of rotatable bonds is 6. The monoisotopic (exact) mass is 400 g/mol. The van der Waals surface area contributed by atoms with E-state index in [1.54, 1.807) is 15.9 Å². The summed E-state index contributed by atoms with van der Waals surface area (Å²) < 4.78 is 1.74. The molecule has 1 aliphatic heterocycles. The third kappa shape index (κ3) is 5.98. The third-order valence-corrected chi connectivity index (χ3v) is 3.92. The first-order chi connectivity index (χ1) is 11.7. The normalized spacial score (nSPS) is 13.5. The van der Waals surface area contributed by atoms with E-state index in [0.29, 0.717) is 26.2 Å². The van der Waals surface area contributed by atoms with E-state index < -0.39 is 0 Å². The van der Waals surface area contributed by atoms with Crippen LogP contribution in [0.25, 0.3) is 0 Å². The molecule has 10 heteroatoms. The third-order valence-electron chi connectivity index (χ3n) is 3.92. The minimum Gasteiger partial charge on any atom is -0.350 e. The molecule has 3 rings (SSSR count). The second kappa shape index (κ2) is 10.7. The van der Waals surface area contributed by atoms with Gasteiger partial charge in [-0.1, -0.05) is 24.3 Å². The van der Waals surface area contributed by atoms with Gasteiger partial charge < -0.3 is 15.5 Å². The summed E-state index contributed by atoms with van der Waals surface area (Å²) in [6, 6.07) is 7.87. The smallest absolute Gasteiger partial charge is 0.239 e. The molecule has 1 saturated heterocycles. The lowest BCUT2D eigenvalue weighted by Gasteiger charge is -2.26. The fourth-order valence-electron chi connectivity index (χ4n) is 2.61. The molecule has 0 saturated carbocycles. The minimum atomic E-state index is -0.152. The largest absolute Gasteiger partial charge is 0.350 e. The van der Waals surface area contributed by atoms with Gasteiger partial charge >= 0.3 is 0 Å². The van der Waals surface area contributed by atoms with Crippen molar-refractivity contribution >= 4 is 36.6 Å². The number of carbonyl (C=O) groups excluding carboxylic acids is 2. The molecule has 0 atom stereocenters. The Labute approximate surface area is 164 Å². The van der Waals surface area contributed by atoms with Gasteiger partial charge in [-0.05, 0) is 11.1 Å². The molecule has 0 bridgehead atoms. The van der Waals surface area contributed by atoms with Crippen molar-refractivity contribution in [3.63, 3.8) is 0 Å². The van der Waals surface area contributed by atoms with E-state index in [4.69, 9.17) is 0 Å². The average molecular weight is 401 g/mol. The Balaban J connectivity index is 0.00000169. The van der Waals surface area contributed by atoms with Crippen LogP contribution in [0.4, 0.5) is 0 Å². The van der Waals surface area contributed by atoms with E-state index in [-0.39, 0.29) is 43.2 Å². The molecular weight excluding hydrogens is 379 g/mol. The standard InChI is InChI=1S/C16H20N6O2.2ClH/c23-15(10-21-6-5-17-8-16(21)24)19-7-13-3-1-2-4-14(13)9-22-12-18-11-20-22;;/h1-4,11-12,17H,5-10H2,(H,19,23);2*1H. The Morgan fingerprint density at radius 2 is 2.00 bits per heavy atom. The van der Waals surface area contributed by atoms with Crippen LogP contribution in [0.3, 0.4) is 0 Å². The molecule has 8 nitrogen and oxygen atoms in total. The van der Waals surface area contributed by atoms with Gasteiger partial charge in [0.2, 0.25) is 11.8 Å². The van der Waals surface area contributed by atoms with Gasteiger partial charge in [0, 0.05) is 19.6 Å². The van der Waals surface area contributed by atoms with Gasteiger partial charge in [-0.3, -0.25) is 9.59 Å². The van der Waals surface area contributed by atoms with Crippen molar-refractivity contribution in [2.45, 2.75) is 13.1 Å². The summed E-state index contributed by atoms with van der Waals surface area (Å²) in [7, 11) is 0. The number of halogens is 2. The number of hydrogen-bond donors (Lipinski definition) is 2. The molecule has 0 spiro atoms. The first-order valence-electron chi connectivity index (χ1n) is 7.87. The zero-order valence-electron chi connectivity index (χ0n) is 14.1. The van der Waals surface area contributed by atoms with Crippen LogP contribution in [0, 0.1) is 0 Å². The predicted molar refractivity (Wildman–Crippen MR) is 101 cm³/mol. The molecule has 0 aliphatic carbocycles. The Morgan fingerprint density at radius 1 is 1.23 bits per heavy atom. The highest BCUT2D eigenvalue weighted by atomic mass is 35.5. The maximum absolute atomic E-state index is 12.1. The number of carbonyl (C=O) groups is 2. The second-order valence-corrected chi connectivity index (χ2v) is 5.63. The lowest BCUT2D eigenvalue weighted by Crippen LogP contribution is -2.51. The van der Waals surface area contributed by atoms with Crippen molar-refractivity contribution in [2.24, 2.45) is 0 Å². The Hall–Kier alpha value is -2.16. The minimum absolute atomic E-state index is 0. The topological polar surface area (TPSA) is 92.2 Å². The van der Waals surface area contributed by atoms with Crippen LogP contribution in [0.1, 0.15) is 11.1 Å². The van der Waals surface area contributed by atoms with E-state index >= 15 is 0 Å². The van der Waals surface area contributed by atoms with Gasteiger partial charge in [-0.25, -0.2) is 9.67 Å². The maximum Gasteiger partial charge on any atom is 0.239 e. The van der Waals surface area contributed by atoms with Crippen molar-refractivity contribution in [3.05, 3.63) is 48.0 Å². The van der Waals surface area contributed by atoms with Gasteiger partial charge in [-0.15, -0.1) is 24.8 Å². The molecular formula is C16H22Cl2N6O2. The maximum atomic E-state index is 12.1. The van der Waals surface area contributed by atoms with Crippen LogP contribution in [-0.4, -0.2) is 57.7 Å². The van der Waals surface area contributed by atoms with Crippen LogP contribution in [0.15, 0.2) is 36.9 Å². The van der Waals surface area contributed by atoms with Gasteiger partial charge in [0.1, 0.15) is 12.7 Å². The number of piperazine rings is 1. The molecule has 1 aromatic heterocycles. The Bertz CT molecular complexity index is 711. The number of amides is 2. The highest BCUT2D eigenvalue weighted by Crippen LogP contribution is 2.10. The lowest BCUT2D eigenvalue weighted by atomic mass is 10.1. The van der Waals surface area contributed by atoms with Crippen molar-refractivity contribution in [1.82, 2.24) is 30.3 Å². The first-order valence-corrected chi connectivity index (χ1v) is 7.87. The Morgan fingerprint density at radius 3 is 2.69 bits per heavy atom. The van der Waals surface area contributed by atoms with Gasteiger partial charge in [0.25, 0.3) is 0 Å². The van der Waals surface area contributed by atoms with Crippen LogP contribution in [-0.2, 0) is 22.7 Å². The van der Waals surface area contributed by atoms with Gasteiger partial charge in [0.05, 0.1) is 19.6 Å². The second-order valence-electron chi connectivity index (χ2n) is 5.63. The first kappa shape index (κ1) is 21.9. The SMILES string of the molecule is Cl.Cl.O=C(CN1CCNCC1=O)NCc1ccccc1Cn1cncn1. The van der Waals surface area contributed by atoms with E-state index in [2.05, 4.69) is 20.7 Å². The van der Waals surface area contributed by atoms with Crippen molar-refractivity contribution in [1.29, 1.82) is 0 Å². The lowest BCUT2D eigenvalue weighted by molar-refractivity contribution is -0.136. The summed E-state index contributed by atoms with van der Waals surface area (Å²) in [6.45, 7) is 2.71. The summed E-state index contributed by atoms with van der Waals surface area (Å²) in [5.74, 6) is -0.191. The van der Waals surface area contributed by atoms with Crippen molar-refractivity contribution in [3.8, 4) is 0 Å². The van der Waals surface area contributed by atoms with E-state index in [0.717, 1.165) is 17.7 Å². The molecule has 26 heavy (non-hydrogen) atoms. The number of nitrogens with one attached hydrogen (secondary N) is 2. The molecule has 142 valence electrons. The van der Waals surface area contributed by atoms with Gasteiger partial charge in [0.15, 0.2) is 0 Å². The number of aromatic nitrogens is 3. The molecule has 2 N–H and O–H groups in total. The highest BCUT2D eigenvalue weighted by Gasteiger charge is 2.19. The molecule has 1 aromatic carbocycles. The summed E-state index contributed by atoms with van der Waals surface area (Å²) in [4.78, 5) is 29.3. The van der Waals surface area contributed by atoms with E-state index in [1.807, 2.05) is 24.3 Å². The highest BCUT2D eigenvalue weighted by molar-refractivity contribution is 5.86. The predicted octanol–water partition coefficient (Wildman–Crippen LogP) is 0.218. The zero-order valence-corrected chi connectivity index (χ0v) is 15.8. The quantitative estimate of drug-likeness (QED) is 0.723. The van der Waals surface area contributed by atoms with Gasteiger partial charge in [-0.2, -0.15) is 5.10 Å². The molecule has 1 aliphatic rings. The average Bonchev–Trinajstić information content (AvgIpc) is 3.09. The molecule has 2 amide bonds. The summed E-state index contributed by atoms with van der Waals surface area (Å²) in [6.07, 6.45) is 3.15. The van der Waals surface area contributed by atoms with E-state index in [1.165, 1.54) is 6.33 Å². The number of hydrogen-bond acceptors (Lipinski definition) is 5. The fraction of sp³-hybridized carbons (Fsp3) is 0.375. The number of benzene rings is 1. The number of nitrogens with zero attached hydrogens (tertiary/aromatic N) is 4. The van der Waals surface area contributed by atoms with Crippen LogP contribution in [0.2, 0.25) is 0 Å². The van der Waals surface area contributed by atoms with Crippen molar-refractivity contribution in [2.75, 3.05) is 26.2 Å². The molecule has 0 radical (unpaired) electrons. The molecule has 0 unspecified atom stereocenters. The van der Waals surface area contributed by atoms with E-state index in [9.17, 15) is 9.59 Å². The molecule has 1 fully saturated rings. The van der Waals surface area contributed by atoms with Crippen LogP contribution in [0.5, 0.6) is 0 Å². The summed E-state index contributed by atoms with van der Waals surface area (Å²) >= 11 is 0. The zero-order chi connectivity index (χ0) is 16.8. The molecule has 2 aromatic rings. The van der Waals surface area contributed by atoms with Crippen molar-refractivity contribution < 1.29 is 9.59 Å². The Kier molecular flexibility index (Phi) is 9.04. The summed E-state index contributed by atoms with van der Waals surface area (Å²) in [5, 5.41) is 9.98.